The number of aromatic nitrogens is 2. The summed E-state index contributed by atoms with van der Waals surface area (Å²) in [4.78, 5) is 16.6. The van der Waals surface area contributed by atoms with Crippen LogP contribution in [0.25, 0.3) is 0 Å². The number of hydrogen-bond donors (Lipinski definition) is 1. The van der Waals surface area contributed by atoms with Gasteiger partial charge in [0.1, 0.15) is 17.7 Å². The third-order valence-electron chi connectivity index (χ3n) is 3.36. The summed E-state index contributed by atoms with van der Waals surface area (Å²) in [5.74, 6) is 0.0918. The van der Waals surface area contributed by atoms with E-state index in [1.807, 2.05) is 17.0 Å². The molecule has 1 amide bonds. The van der Waals surface area contributed by atoms with Crippen molar-refractivity contribution in [2.24, 2.45) is 7.05 Å². The van der Waals surface area contributed by atoms with Crippen molar-refractivity contribution in [2.75, 3.05) is 0 Å². The summed E-state index contributed by atoms with van der Waals surface area (Å²) in [5, 5.41) is 6.54. The normalized spacial score (nSPS) is 12.1. The van der Waals surface area contributed by atoms with E-state index >= 15 is 0 Å². The maximum Gasteiger partial charge on any atom is 0.252 e. The molecule has 0 saturated carbocycles. The number of aryl methyl sites for hydroxylation is 1. The molecule has 112 valence electrons. The summed E-state index contributed by atoms with van der Waals surface area (Å²) >= 11 is 1.45. The molecule has 6 heteroatoms. The molecule has 0 aliphatic heterocycles. The number of halogens is 1. The Kier molecular flexibility index (Phi) is 4.02. The molecule has 0 saturated heterocycles. The van der Waals surface area contributed by atoms with Gasteiger partial charge in [0, 0.05) is 24.8 Å². The van der Waals surface area contributed by atoms with E-state index in [1.165, 1.54) is 23.5 Å². The van der Waals surface area contributed by atoms with E-state index < -0.39 is 6.04 Å². The van der Waals surface area contributed by atoms with Crippen molar-refractivity contribution >= 4 is 17.2 Å². The van der Waals surface area contributed by atoms with Crippen molar-refractivity contribution in [1.29, 1.82) is 0 Å². The van der Waals surface area contributed by atoms with Gasteiger partial charge >= 0.3 is 0 Å². The van der Waals surface area contributed by atoms with E-state index in [0.717, 1.165) is 0 Å². The van der Waals surface area contributed by atoms with Crippen molar-refractivity contribution in [3.05, 3.63) is 76.3 Å². The van der Waals surface area contributed by atoms with E-state index in [1.54, 1.807) is 36.0 Å². The zero-order valence-electron chi connectivity index (χ0n) is 11.9. The number of rotatable bonds is 4. The maximum atomic E-state index is 13.5. The summed E-state index contributed by atoms with van der Waals surface area (Å²) in [7, 11) is 1.84. The van der Waals surface area contributed by atoms with Crippen molar-refractivity contribution < 1.29 is 9.18 Å². The molecule has 1 atom stereocenters. The predicted octanol–water partition coefficient (Wildman–Crippen LogP) is 3.14. The second-order valence-corrected chi connectivity index (χ2v) is 5.65. The smallest absolute Gasteiger partial charge is 0.252 e. The first-order chi connectivity index (χ1) is 10.6. The molecule has 0 unspecified atom stereocenters. The number of benzene rings is 1. The first-order valence-electron chi connectivity index (χ1n) is 6.71. The molecule has 1 aromatic carbocycles. The molecule has 0 aliphatic carbocycles. The third kappa shape index (κ3) is 2.92. The van der Waals surface area contributed by atoms with Gasteiger partial charge in [-0.05, 0) is 29.1 Å². The monoisotopic (exact) mass is 315 g/mol. The summed E-state index contributed by atoms with van der Waals surface area (Å²) in [6.45, 7) is 0. The van der Waals surface area contributed by atoms with Crippen LogP contribution in [0.1, 0.15) is 27.8 Å². The highest BCUT2D eigenvalue weighted by molar-refractivity contribution is 7.08. The average Bonchev–Trinajstić information content (AvgIpc) is 3.16. The Labute approximate surface area is 131 Å². The summed E-state index contributed by atoms with van der Waals surface area (Å²) in [6.07, 6.45) is 3.44. The molecule has 2 aromatic heterocycles. The van der Waals surface area contributed by atoms with Crippen LogP contribution >= 0.6 is 11.3 Å². The highest BCUT2D eigenvalue weighted by atomic mass is 32.1. The number of carbonyl (C=O) groups excluding carboxylic acids is 1. The highest BCUT2D eigenvalue weighted by Gasteiger charge is 2.21. The minimum Gasteiger partial charge on any atom is -0.338 e. The second kappa shape index (κ2) is 6.11. The fourth-order valence-electron chi connectivity index (χ4n) is 2.25. The fraction of sp³-hybridized carbons (Fsp3) is 0.125. The standard InChI is InChI=1S/C16H14FN3OS/c1-20-7-6-18-15(20)14(11-3-2-4-13(17)9-11)19-16(21)12-5-8-22-10-12/h2-10,14H,1H3,(H,19,21)/t14-/m0/s1. The van der Waals surface area contributed by atoms with Crippen molar-refractivity contribution in [3.8, 4) is 0 Å². The number of imidazole rings is 1. The van der Waals surface area contributed by atoms with Gasteiger partial charge in [-0.25, -0.2) is 9.37 Å². The minimum atomic E-state index is -0.511. The molecular weight excluding hydrogens is 301 g/mol. The van der Waals surface area contributed by atoms with Gasteiger partial charge in [0.25, 0.3) is 5.91 Å². The summed E-state index contributed by atoms with van der Waals surface area (Å²) in [6, 6.07) is 7.42. The van der Waals surface area contributed by atoms with Gasteiger partial charge in [0.2, 0.25) is 0 Å². The second-order valence-electron chi connectivity index (χ2n) is 4.87. The Balaban J connectivity index is 1.97. The number of nitrogens with one attached hydrogen (secondary N) is 1. The Bertz CT molecular complexity index is 782. The molecule has 4 nitrogen and oxygen atoms in total. The SMILES string of the molecule is Cn1ccnc1[C@@H](NC(=O)c1ccsc1)c1cccc(F)c1. The van der Waals surface area contributed by atoms with E-state index in [4.69, 9.17) is 0 Å². The maximum absolute atomic E-state index is 13.5. The molecule has 3 rings (SSSR count). The summed E-state index contributed by atoms with van der Waals surface area (Å²) < 4.78 is 15.4. The van der Waals surface area contributed by atoms with Gasteiger partial charge in [-0.2, -0.15) is 11.3 Å². The quantitative estimate of drug-likeness (QED) is 0.804. The van der Waals surface area contributed by atoms with Gasteiger partial charge in [0.05, 0.1) is 5.56 Å². The van der Waals surface area contributed by atoms with Crippen LogP contribution in [-0.2, 0) is 7.05 Å². The van der Waals surface area contributed by atoms with Crippen molar-refractivity contribution in [3.63, 3.8) is 0 Å². The lowest BCUT2D eigenvalue weighted by molar-refractivity contribution is 0.0941. The number of amides is 1. The van der Waals surface area contributed by atoms with Gasteiger partial charge in [-0.3, -0.25) is 4.79 Å². The Morgan fingerprint density at radius 1 is 1.41 bits per heavy atom. The van der Waals surface area contributed by atoms with Crippen molar-refractivity contribution in [1.82, 2.24) is 14.9 Å². The fourth-order valence-corrected chi connectivity index (χ4v) is 2.88. The molecule has 1 N–H and O–H groups in total. The van der Waals surface area contributed by atoms with Gasteiger partial charge in [-0.15, -0.1) is 0 Å². The molecule has 22 heavy (non-hydrogen) atoms. The molecule has 2 heterocycles. The number of carbonyl (C=O) groups is 1. The van der Waals surface area contributed by atoms with Crippen LogP contribution in [0.5, 0.6) is 0 Å². The Morgan fingerprint density at radius 2 is 2.27 bits per heavy atom. The number of nitrogens with zero attached hydrogens (tertiary/aromatic N) is 2. The molecule has 0 bridgehead atoms. The zero-order chi connectivity index (χ0) is 15.5. The van der Waals surface area contributed by atoms with Gasteiger partial charge in [-0.1, -0.05) is 12.1 Å². The van der Waals surface area contributed by atoms with Crippen LogP contribution in [0, 0.1) is 5.82 Å². The Morgan fingerprint density at radius 3 is 2.91 bits per heavy atom. The van der Waals surface area contributed by atoms with E-state index in [0.29, 0.717) is 17.0 Å². The molecule has 3 aromatic rings. The van der Waals surface area contributed by atoms with Crippen LogP contribution < -0.4 is 5.32 Å². The first kappa shape index (κ1) is 14.5. The van der Waals surface area contributed by atoms with Crippen LogP contribution in [-0.4, -0.2) is 15.5 Å². The van der Waals surface area contributed by atoms with E-state index in [-0.39, 0.29) is 11.7 Å². The summed E-state index contributed by atoms with van der Waals surface area (Å²) in [5.41, 5.74) is 1.23. The Hall–Kier alpha value is -2.47. The molecule has 0 spiro atoms. The lowest BCUT2D eigenvalue weighted by atomic mass is 10.1. The largest absolute Gasteiger partial charge is 0.338 e. The van der Waals surface area contributed by atoms with Crippen LogP contribution in [0.2, 0.25) is 0 Å². The van der Waals surface area contributed by atoms with E-state index in [2.05, 4.69) is 10.3 Å². The predicted molar refractivity (Wildman–Crippen MR) is 83.2 cm³/mol. The van der Waals surface area contributed by atoms with Crippen LogP contribution in [0.15, 0.2) is 53.5 Å². The topological polar surface area (TPSA) is 46.9 Å². The first-order valence-corrected chi connectivity index (χ1v) is 7.65. The van der Waals surface area contributed by atoms with Gasteiger partial charge in [0.15, 0.2) is 0 Å². The third-order valence-corrected chi connectivity index (χ3v) is 4.04. The van der Waals surface area contributed by atoms with Crippen LogP contribution in [0.4, 0.5) is 4.39 Å². The van der Waals surface area contributed by atoms with E-state index in [9.17, 15) is 9.18 Å². The molecule has 0 fully saturated rings. The molecular formula is C16H14FN3OS. The average molecular weight is 315 g/mol. The number of hydrogen-bond acceptors (Lipinski definition) is 3. The lowest BCUT2D eigenvalue weighted by Gasteiger charge is -2.19. The molecule has 0 radical (unpaired) electrons. The van der Waals surface area contributed by atoms with Crippen molar-refractivity contribution in [2.45, 2.75) is 6.04 Å². The lowest BCUT2D eigenvalue weighted by Crippen LogP contribution is -2.30. The highest BCUT2D eigenvalue weighted by Crippen LogP contribution is 2.22. The number of thiophene rings is 1. The molecule has 0 aliphatic rings. The zero-order valence-corrected chi connectivity index (χ0v) is 12.7. The van der Waals surface area contributed by atoms with Crippen LogP contribution in [0.3, 0.4) is 0 Å². The van der Waals surface area contributed by atoms with Gasteiger partial charge < -0.3 is 9.88 Å². The minimum absolute atomic E-state index is 0.210.